The molecule has 0 saturated heterocycles. The van der Waals surface area contributed by atoms with Gasteiger partial charge in [0.1, 0.15) is 11.5 Å². The number of hydrogen-bond donors (Lipinski definition) is 1. The Bertz CT molecular complexity index is 1150. The highest BCUT2D eigenvalue weighted by atomic mass is 19.1. The zero-order chi connectivity index (χ0) is 25.4. The van der Waals surface area contributed by atoms with Crippen LogP contribution in [0.1, 0.15) is 0 Å². The van der Waals surface area contributed by atoms with Crippen LogP contribution in [-0.4, -0.2) is 29.3 Å². The Hall–Kier alpha value is -4.57. The molecule has 10 heteroatoms. The first-order valence-electron chi connectivity index (χ1n) is 9.30. The fourth-order valence-electron chi connectivity index (χ4n) is 2.47. The van der Waals surface area contributed by atoms with Crippen LogP contribution in [0.2, 0.25) is 0 Å². The van der Waals surface area contributed by atoms with Crippen molar-refractivity contribution < 1.29 is 47.2 Å². The van der Waals surface area contributed by atoms with E-state index in [2.05, 4.69) is 26.3 Å². The molecule has 1 atom stereocenters. The van der Waals surface area contributed by atoms with Gasteiger partial charge in [-0.25, -0.2) is 23.2 Å². The smallest absolute Gasteiger partial charge is 0.335 e. The van der Waals surface area contributed by atoms with Crippen molar-refractivity contribution in [2.45, 2.75) is 6.29 Å². The van der Waals surface area contributed by atoms with Crippen LogP contribution < -0.4 is 18.9 Å². The Labute approximate surface area is 192 Å². The van der Waals surface area contributed by atoms with E-state index in [1.165, 1.54) is 0 Å². The van der Waals surface area contributed by atoms with Crippen molar-refractivity contribution >= 4 is 17.9 Å². The predicted octanol–water partition coefficient (Wildman–Crippen LogP) is 3.79. The predicted molar refractivity (Wildman–Crippen MR) is 116 cm³/mol. The second kappa shape index (κ2) is 11.3. The van der Waals surface area contributed by atoms with Crippen LogP contribution >= 0.6 is 0 Å². The molecule has 0 fully saturated rings. The van der Waals surface area contributed by atoms with Crippen molar-refractivity contribution in [3.63, 3.8) is 0 Å². The van der Waals surface area contributed by atoms with Gasteiger partial charge in [0.25, 0.3) is 0 Å². The molecule has 0 aliphatic heterocycles. The number of aliphatic hydroxyl groups excluding tert-OH is 1. The van der Waals surface area contributed by atoms with Crippen LogP contribution in [0.4, 0.5) is 8.78 Å². The molecule has 0 saturated carbocycles. The van der Waals surface area contributed by atoms with Crippen molar-refractivity contribution in [1.29, 1.82) is 0 Å². The second-order valence-corrected chi connectivity index (χ2v) is 6.19. The lowest BCUT2D eigenvalue weighted by molar-refractivity contribution is -0.130. The van der Waals surface area contributed by atoms with Gasteiger partial charge in [-0.1, -0.05) is 26.3 Å². The Morgan fingerprint density at radius 1 is 0.794 bits per heavy atom. The standard InChI is InChI=1S/C24H18F2O8/c1-5-18(27)31-14-9-13(10-15(11-14)32-19(28)6-2)16-12-17(25)23(33-20(29)7-3)24(22(16)26)34-21(30)8-4/h5-12,20,29H,1-4H2. The third-order valence-electron chi connectivity index (χ3n) is 3.90. The molecule has 0 radical (unpaired) electrons. The number of hydrogen-bond acceptors (Lipinski definition) is 8. The first kappa shape index (κ1) is 25.7. The summed E-state index contributed by atoms with van der Waals surface area (Å²) in [4.78, 5) is 34.9. The number of rotatable bonds is 10. The second-order valence-electron chi connectivity index (χ2n) is 6.19. The van der Waals surface area contributed by atoms with Gasteiger partial charge in [0.2, 0.25) is 17.8 Å². The van der Waals surface area contributed by atoms with E-state index in [1.54, 1.807) is 0 Å². The number of benzene rings is 2. The average Bonchev–Trinajstić information content (AvgIpc) is 2.82. The molecule has 0 bridgehead atoms. The number of carbonyl (C=O) groups is 3. The van der Waals surface area contributed by atoms with Crippen LogP contribution in [0.3, 0.4) is 0 Å². The fraction of sp³-hybridized carbons (Fsp3) is 0.0417. The number of carbonyl (C=O) groups excluding carboxylic acids is 3. The Morgan fingerprint density at radius 3 is 1.76 bits per heavy atom. The summed E-state index contributed by atoms with van der Waals surface area (Å²) >= 11 is 0. The van der Waals surface area contributed by atoms with Gasteiger partial charge < -0.3 is 24.1 Å². The van der Waals surface area contributed by atoms with E-state index in [9.17, 15) is 23.9 Å². The van der Waals surface area contributed by atoms with Gasteiger partial charge in [0.05, 0.1) is 0 Å². The molecule has 0 aliphatic rings. The molecule has 0 spiro atoms. The Morgan fingerprint density at radius 2 is 1.29 bits per heavy atom. The Kier molecular flexibility index (Phi) is 8.57. The van der Waals surface area contributed by atoms with E-state index in [0.29, 0.717) is 12.1 Å². The average molecular weight is 472 g/mol. The van der Waals surface area contributed by atoms with Crippen molar-refractivity contribution in [3.05, 3.63) is 86.5 Å². The molecule has 0 aromatic heterocycles. The summed E-state index contributed by atoms with van der Waals surface area (Å²) in [6.45, 7) is 12.9. The first-order valence-corrected chi connectivity index (χ1v) is 9.30. The van der Waals surface area contributed by atoms with Crippen LogP contribution in [-0.2, 0) is 14.4 Å². The van der Waals surface area contributed by atoms with Crippen LogP contribution in [0, 0.1) is 11.6 Å². The maximum atomic E-state index is 15.5. The quantitative estimate of drug-likeness (QED) is 0.183. The lowest BCUT2D eigenvalue weighted by Gasteiger charge is -2.17. The molecule has 0 heterocycles. The zero-order valence-corrected chi connectivity index (χ0v) is 17.6. The molecule has 1 N–H and O–H groups in total. The number of esters is 3. The van der Waals surface area contributed by atoms with Gasteiger partial charge in [-0.05, 0) is 29.8 Å². The topological polar surface area (TPSA) is 108 Å². The third kappa shape index (κ3) is 6.24. The van der Waals surface area contributed by atoms with Crippen molar-refractivity contribution in [1.82, 2.24) is 0 Å². The largest absolute Gasteiger partial charge is 0.454 e. The van der Waals surface area contributed by atoms with E-state index in [1.807, 2.05) is 0 Å². The molecular formula is C24H18F2O8. The molecule has 0 aliphatic carbocycles. The normalized spacial score (nSPS) is 10.9. The number of ether oxygens (including phenoxy) is 4. The number of halogens is 2. The maximum absolute atomic E-state index is 15.5. The van der Waals surface area contributed by atoms with E-state index < -0.39 is 52.9 Å². The van der Waals surface area contributed by atoms with Crippen molar-refractivity contribution in [3.8, 4) is 34.1 Å². The van der Waals surface area contributed by atoms with Crippen LogP contribution in [0.5, 0.6) is 23.0 Å². The van der Waals surface area contributed by atoms with Gasteiger partial charge in [0.15, 0.2) is 11.6 Å². The number of aliphatic hydroxyl groups is 1. The molecule has 2 aromatic carbocycles. The molecular weight excluding hydrogens is 454 g/mol. The SMILES string of the molecule is C=CC(=O)Oc1cc(OC(=O)C=C)cc(-c2cc(F)c(OC(O)C=C)c(OC(=O)C=C)c2F)c1. The van der Waals surface area contributed by atoms with E-state index in [4.69, 9.17) is 18.9 Å². The third-order valence-corrected chi connectivity index (χ3v) is 3.90. The lowest BCUT2D eigenvalue weighted by Crippen LogP contribution is -2.15. The highest BCUT2D eigenvalue weighted by molar-refractivity contribution is 5.86. The van der Waals surface area contributed by atoms with Gasteiger partial charge in [-0.15, -0.1) is 0 Å². The molecule has 2 rings (SSSR count). The Balaban J connectivity index is 2.75. The summed E-state index contributed by atoms with van der Waals surface area (Å²) in [5.74, 6) is -7.78. The zero-order valence-electron chi connectivity index (χ0n) is 17.6. The summed E-state index contributed by atoms with van der Waals surface area (Å²) in [6, 6.07) is 4.06. The summed E-state index contributed by atoms with van der Waals surface area (Å²) < 4.78 is 50.0. The minimum Gasteiger partial charge on any atom is -0.454 e. The maximum Gasteiger partial charge on any atom is 0.335 e. The molecule has 34 heavy (non-hydrogen) atoms. The molecule has 176 valence electrons. The van der Waals surface area contributed by atoms with E-state index in [-0.39, 0.29) is 17.1 Å². The van der Waals surface area contributed by atoms with Gasteiger partial charge >= 0.3 is 17.9 Å². The van der Waals surface area contributed by atoms with Crippen LogP contribution in [0.15, 0.2) is 74.9 Å². The van der Waals surface area contributed by atoms with E-state index >= 15 is 4.39 Å². The van der Waals surface area contributed by atoms with Crippen molar-refractivity contribution in [2.75, 3.05) is 0 Å². The summed E-state index contributed by atoms with van der Waals surface area (Å²) in [5, 5.41) is 9.61. The lowest BCUT2D eigenvalue weighted by atomic mass is 10.0. The monoisotopic (exact) mass is 472 g/mol. The van der Waals surface area contributed by atoms with Crippen LogP contribution in [0.25, 0.3) is 11.1 Å². The highest BCUT2D eigenvalue weighted by Crippen LogP contribution is 2.41. The van der Waals surface area contributed by atoms with E-state index in [0.717, 1.165) is 36.4 Å². The summed E-state index contributed by atoms with van der Waals surface area (Å²) in [6.07, 6.45) is 1.52. The molecule has 0 amide bonds. The first-order chi connectivity index (χ1) is 16.1. The molecule has 2 aromatic rings. The summed E-state index contributed by atoms with van der Waals surface area (Å²) in [7, 11) is 0. The van der Waals surface area contributed by atoms with Gasteiger partial charge in [0, 0.05) is 29.9 Å². The fourth-order valence-corrected chi connectivity index (χ4v) is 2.47. The van der Waals surface area contributed by atoms with Crippen molar-refractivity contribution in [2.24, 2.45) is 0 Å². The van der Waals surface area contributed by atoms with Gasteiger partial charge in [-0.3, -0.25) is 0 Å². The minimum atomic E-state index is -1.76. The minimum absolute atomic E-state index is 0.149. The molecule has 1 unspecified atom stereocenters. The highest BCUT2D eigenvalue weighted by Gasteiger charge is 2.26. The molecule has 8 nitrogen and oxygen atoms in total. The van der Waals surface area contributed by atoms with Gasteiger partial charge in [-0.2, -0.15) is 0 Å². The summed E-state index contributed by atoms with van der Waals surface area (Å²) in [5.41, 5.74) is -0.651.